The van der Waals surface area contributed by atoms with Crippen LogP contribution < -0.4 is 10.6 Å². The Morgan fingerprint density at radius 3 is 2.24 bits per heavy atom. The fraction of sp³-hybridized carbons (Fsp3) is 0.125. The van der Waals surface area contributed by atoms with Crippen LogP contribution >= 0.6 is 0 Å². The first-order valence-corrected chi connectivity index (χ1v) is 9.42. The second kappa shape index (κ2) is 9.34. The van der Waals surface area contributed by atoms with Crippen molar-refractivity contribution in [1.29, 1.82) is 5.26 Å². The van der Waals surface area contributed by atoms with Crippen LogP contribution in [0.5, 0.6) is 0 Å². The molecule has 0 aliphatic carbocycles. The molecule has 0 heterocycles. The molecule has 2 N–H and O–H groups in total. The largest absolute Gasteiger partial charge is 0.326 e. The maximum Gasteiger partial charge on any atom is 0.256 e. The van der Waals surface area contributed by atoms with Gasteiger partial charge in [-0.3, -0.25) is 9.59 Å². The summed E-state index contributed by atoms with van der Waals surface area (Å²) in [6, 6.07) is 23.6. The molecule has 0 fully saturated rings. The van der Waals surface area contributed by atoms with E-state index in [0.29, 0.717) is 40.0 Å². The van der Waals surface area contributed by atoms with Crippen LogP contribution in [0.4, 0.5) is 11.4 Å². The van der Waals surface area contributed by atoms with Crippen molar-refractivity contribution in [2.75, 3.05) is 10.6 Å². The molecule has 2 amide bonds. The molecule has 0 aliphatic heterocycles. The van der Waals surface area contributed by atoms with Gasteiger partial charge in [0.15, 0.2) is 0 Å². The number of nitriles is 1. The van der Waals surface area contributed by atoms with E-state index in [1.807, 2.05) is 31.2 Å². The highest BCUT2D eigenvalue weighted by Gasteiger charge is 2.15. The van der Waals surface area contributed by atoms with Gasteiger partial charge in [-0.15, -0.1) is 0 Å². The van der Waals surface area contributed by atoms with Crippen molar-refractivity contribution < 1.29 is 9.59 Å². The van der Waals surface area contributed by atoms with Crippen LogP contribution in [0.3, 0.4) is 0 Å². The van der Waals surface area contributed by atoms with Gasteiger partial charge in [0.2, 0.25) is 5.91 Å². The van der Waals surface area contributed by atoms with E-state index in [1.54, 1.807) is 48.5 Å². The first kappa shape index (κ1) is 19.8. The second-order valence-corrected chi connectivity index (χ2v) is 6.54. The third-order valence-corrected chi connectivity index (χ3v) is 4.39. The molecule has 5 nitrogen and oxygen atoms in total. The normalized spacial score (nSPS) is 10.1. The van der Waals surface area contributed by atoms with Gasteiger partial charge in [-0.2, -0.15) is 5.26 Å². The minimum absolute atomic E-state index is 0.0607. The van der Waals surface area contributed by atoms with Crippen molar-refractivity contribution in [2.24, 2.45) is 0 Å². The summed E-state index contributed by atoms with van der Waals surface area (Å²) in [7, 11) is 0. The Balaban J connectivity index is 1.86. The van der Waals surface area contributed by atoms with Gasteiger partial charge < -0.3 is 10.6 Å². The number of rotatable bonds is 6. The van der Waals surface area contributed by atoms with Crippen LogP contribution in [0.25, 0.3) is 11.1 Å². The van der Waals surface area contributed by atoms with E-state index in [0.717, 1.165) is 6.42 Å². The number of hydrogen-bond acceptors (Lipinski definition) is 3. The predicted molar refractivity (Wildman–Crippen MR) is 115 cm³/mol. The standard InChI is InChI=1S/C24H21N3O2/c1-2-8-23(28)26-18-10-7-11-19(15-18)27-24(29)22-14-6-5-13-21(22)20-12-4-3-9-17(20)16-25/h3-7,9-15H,2,8H2,1H3,(H,26,28)(H,27,29). The fourth-order valence-electron chi connectivity index (χ4n) is 3.06. The first-order chi connectivity index (χ1) is 14.1. The summed E-state index contributed by atoms with van der Waals surface area (Å²) in [6.07, 6.45) is 1.21. The molecule has 0 saturated carbocycles. The summed E-state index contributed by atoms with van der Waals surface area (Å²) in [5.74, 6) is -0.347. The van der Waals surface area contributed by atoms with Gasteiger partial charge in [-0.1, -0.05) is 49.4 Å². The summed E-state index contributed by atoms with van der Waals surface area (Å²) >= 11 is 0. The van der Waals surface area contributed by atoms with E-state index in [1.165, 1.54) is 0 Å². The quantitative estimate of drug-likeness (QED) is 0.612. The van der Waals surface area contributed by atoms with Gasteiger partial charge in [-0.05, 0) is 42.3 Å². The highest BCUT2D eigenvalue weighted by Crippen LogP contribution is 2.27. The zero-order valence-corrected chi connectivity index (χ0v) is 16.1. The average molecular weight is 383 g/mol. The Morgan fingerprint density at radius 2 is 1.52 bits per heavy atom. The minimum atomic E-state index is -0.287. The van der Waals surface area contributed by atoms with Crippen molar-refractivity contribution in [3.05, 3.63) is 83.9 Å². The SMILES string of the molecule is CCCC(=O)Nc1cccc(NC(=O)c2ccccc2-c2ccccc2C#N)c1. The minimum Gasteiger partial charge on any atom is -0.326 e. The van der Waals surface area contributed by atoms with E-state index < -0.39 is 0 Å². The average Bonchev–Trinajstić information content (AvgIpc) is 2.74. The summed E-state index contributed by atoms with van der Waals surface area (Å²) < 4.78 is 0. The molecule has 0 spiro atoms. The first-order valence-electron chi connectivity index (χ1n) is 9.42. The molecule has 3 rings (SSSR count). The number of anilines is 2. The number of carbonyl (C=O) groups excluding carboxylic acids is 2. The maximum absolute atomic E-state index is 13.0. The number of amides is 2. The molecule has 29 heavy (non-hydrogen) atoms. The molecule has 3 aromatic carbocycles. The molecule has 0 unspecified atom stereocenters. The lowest BCUT2D eigenvalue weighted by atomic mass is 9.95. The van der Waals surface area contributed by atoms with Gasteiger partial charge in [0, 0.05) is 28.9 Å². The van der Waals surface area contributed by atoms with Crippen molar-refractivity contribution in [3.63, 3.8) is 0 Å². The summed E-state index contributed by atoms with van der Waals surface area (Å²) in [5.41, 5.74) is 3.58. The van der Waals surface area contributed by atoms with E-state index in [4.69, 9.17) is 0 Å². The highest BCUT2D eigenvalue weighted by molar-refractivity contribution is 6.09. The lowest BCUT2D eigenvalue weighted by Crippen LogP contribution is -2.14. The van der Waals surface area contributed by atoms with Crippen molar-refractivity contribution in [2.45, 2.75) is 19.8 Å². The molecular formula is C24H21N3O2. The second-order valence-electron chi connectivity index (χ2n) is 6.54. The van der Waals surface area contributed by atoms with Crippen LogP contribution in [0.15, 0.2) is 72.8 Å². The van der Waals surface area contributed by atoms with Crippen molar-refractivity contribution in [3.8, 4) is 17.2 Å². The smallest absolute Gasteiger partial charge is 0.256 e. The highest BCUT2D eigenvalue weighted by atomic mass is 16.2. The van der Waals surface area contributed by atoms with Gasteiger partial charge in [0.1, 0.15) is 0 Å². The molecule has 144 valence electrons. The van der Waals surface area contributed by atoms with Crippen LogP contribution in [-0.2, 0) is 4.79 Å². The van der Waals surface area contributed by atoms with E-state index in [9.17, 15) is 14.9 Å². The fourth-order valence-corrected chi connectivity index (χ4v) is 3.06. The monoisotopic (exact) mass is 383 g/mol. The van der Waals surface area contributed by atoms with Crippen LogP contribution in [0, 0.1) is 11.3 Å². The summed E-state index contributed by atoms with van der Waals surface area (Å²) in [4.78, 5) is 24.8. The Labute approximate surface area is 170 Å². The third kappa shape index (κ3) is 4.88. The van der Waals surface area contributed by atoms with Crippen LogP contribution in [0.1, 0.15) is 35.7 Å². The number of benzene rings is 3. The Kier molecular flexibility index (Phi) is 6.39. The number of nitrogens with zero attached hydrogens (tertiary/aromatic N) is 1. The van der Waals surface area contributed by atoms with E-state index in [2.05, 4.69) is 16.7 Å². The van der Waals surface area contributed by atoms with Gasteiger partial charge in [0.25, 0.3) is 5.91 Å². The van der Waals surface area contributed by atoms with Crippen LogP contribution in [-0.4, -0.2) is 11.8 Å². The van der Waals surface area contributed by atoms with Crippen molar-refractivity contribution in [1.82, 2.24) is 0 Å². The molecule has 0 saturated heterocycles. The molecule has 0 aliphatic rings. The van der Waals surface area contributed by atoms with E-state index in [-0.39, 0.29) is 11.8 Å². The van der Waals surface area contributed by atoms with E-state index >= 15 is 0 Å². The lowest BCUT2D eigenvalue weighted by molar-refractivity contribution is -0.116. The summed E-state index contributed by atoms with van der Waals surface area (Å²) in [6.45, 7) is 1.94. The molecule has 0 radical (unpaired) electrons. The van der Waals surface area contributed by atoms with Gasteiger partial charge in [-0.25, -0.2) is 0 Å². The number of carbonyl (C=O) groups is 2. The molecule has 0 bridgehead atoms. The van der Waals surface area contributed by atoms with Gasteiger partial charge in [0.05, 0.1) is 11.6 Å². The lowest BCUT2D eigenvalue weighted by Gasteiger charge is -2.12. The topological polar surface area (TPSA) is 82.0 Å². The van der Waals surface area contributed by atoms with Crippen LogP contribution in [0.2, 0.25) is 0 Å². The number of hydrogen-bond donors (Lipinski definition) is 2. The zero-order chi connectivity index (χ0) is 20.6. The maximum atomic E-state index is 13.0. The molecular weight excluding hydrogens is 362 g/mol. The third-order valence-electron chi connectivity index (χ3n) is 4.39. The number of nitrogens with one attached hydrogen (secondary N) is 2. The zero-order valence-electron chi connectivity index (χ0n) is 16.1. The van der Waals surface area contributed by atoms with Crippen molar-refractivity contribution >= 4 is 23.2 Å². The Hall–Kier alpha value is -3.91. The molecule has 0 atom stereocenters. The Bertz CT molecular complexity index is 1080. The summed E-state index contributed by atoms with van der Waals surface area (Å²) in [5, 5.41) is 15.1. The molecule has 3 aromatic rings. The Morgan fingerprint density at radius 1 is 0.862 bits per heavy atom. The predicted octanol–water partition coefficient (Wildman–Crippen LogP) is 5.22. The molecule has 0 aromatic heterocycles. The molecule has 5 heteroatoms. The van der Waals surface area contributed by atoms with Gasteiger partial charge >= 0.3 is 0 Å².